The van der Waals surface area contributed by atoms with Crippen molar-refractivity contribution >= 4 is 71.7 Å². The van der Waals surface area contributed by atoms with Crippen molar-refractivity contribution in [2.75, 3.05) is 30.3 Å². The monoisotopic (exact) mass is 711 g/mol. The van der Waals surface area contributed by atoms with Crippen LogP contribution in [-0.4, -0.2) is 72.7 Å². The lowest BCUT2D eigenvalue weighted by Crippen LogP contribution is -2.27. The van der Waals surface area contributed by atoms with Crippen LogP contribution in [0, 0.1) is 5.41 Å². The van der Waals surface area contributed by atoms with Crippen LogP contribution in [0.5, 0.6) is 0 Å². The molecular weight excluding hydrogens is 669 g/mol. The second kappa shape index (κ2) is 13.9. The van der Waals surface area contributed by atoms with Gasteiger partial charge in [0.05, 0.1) is 10.1 Å². The second-order valence-electron chi connectivity index (χ2n) is 12.9. The Kier molecular flexibility index (Phi) is 11.0. The summed E-state index contributed by atoms with van der Waals surface area (Å²) >= 11 is 4.95. The quantitative estimate of drug-likeness (QED) is 0.0579. The van der Waals surface area contributed by atoms with E-state index in [1.54, 1.807) is 0 Å². The fourth-order valence-corrected chi connectivity index (χ4v) is 9.39. The number of fused-ring (bicyclic) bond motifs is 3. The molecule has 2 aromatic rings. The lowest BCUT2D eigenvalue weighted by Gasteiger charge is -2.27. The van der Waals surface area contributed by atoms with E-state index in [1.807, 2.05) is 43.1 Å². The van der Waals surface area contributed by atoms with Gasteiger partial charge in [-0.05, 0) is 56.2 Å². The van der Waals surface area contributed by atoms with Crippen molar-refractivity contribution in [3.8, 4) is 0 Å². The number of nitrogens with zero attached hydrogens (tertiary/aromatic N) is 2. The molecular formula is C32H43N2O8S4+. The molecule has 2 aliphatic rings. The molecule has 3 heterocycles. The average molecular weight is 712 g/mol. The van der Waals surface area contributed by atoms with E-state index < -0.39 is 40.7 Å². The molecule has 0 fully saturated rings. The fraction of sp³-hybridized carbons (Fsp3) is 0.500. The predicted molar refractivity (Wildman–Crippen MR) is 186 cm³/mol. The van der Waals surface area contributed by atoms with E-state index in [-0.39, 0.29) is 16.5 Å². The number of thiol groups is 1. The highest BCUT2D eigenvalue weighted by atomic mass is 32.3. The zero-order chi connectivity index (χ0) is 34.1. The lowest BCUT2D eigenvalue weighted by atomic mass is 9.82. The lowest BCUT2D eigenvalue weighted by molar-refractivity contribution is -0.519. The van der Waals surface area contributed by atoms with Gasteiger partial charge in [0, 0.05) is 54.1 Å². The van der Waals surface area contributed by atoms with E-state index in [2.05, 4.69) is 37.1 Å². The highest BCUT2D eigenvalue weighted by Crippen LogP contribution is 2.54. The van der Waals surface area contributed by atoms with Gasteiger partial charge >= 0.3 is 16.1 Å². The Labute approximate surface area is 281 Å². The molecule has 0 amide bonds. The summed E-state index contributed by atoms with van der Waals surface area (Å²) in [6.45, 7) is 10.8. The number of benzene rings is 1. The Bertz CT molecular complexity index is 1850. The van der Waals surface area contributed by atoms with Crippen LogP contribution in [0.1, 0.15) is 71.8 Å². The third-order valence-electron chi connectivity index (χ3n) is 8.74. The van der Waals surface area contributed by atoms with E-state index in [4.69, 9.17) is 5.11 Å². The number of thiophene rings is 1. The Balaban J connectivity index is 1.79. The minimum absolute atomic E-state index is 0.0433. The molecule has 0 radical (unpaired) electrons. The number of rotatable bonds is 14. The first-order valence-electron chi connectivity index (χ1n) is 15.2. The molecule has 2 aliphatic heterocycles. The molecule has 252 valence electrons. The minimum atomic E-state index is -4.76. The predicted octanol–water partition coefficient (Wildman–Crippen LogP) is 6.34. The fourth-order valence-electron chi connectivity index (χ4n) is 6.46. The first kappa shape index (κ1) is 36.3. The standard InChI is InChI=1S/C32H42N2O8S4/c1-31(2)15-18-33(16-11-19-43)25(31)12-7-5-8-13-26-32(3,4)29-22-20-28(46(40,41)42)44-30(22)24(45(37,38)39)21-23(29)34(26)17-10-6-9-14-27(35)36/h5,7-8,12-13,20-21H,6,9-11,14-19H2,1-4H3,(H3-,35,36,37,38,39,40,41,42,43)/p+1. The van der Waals surface area contributed by atoms with Crippen molar-refractivity contribution in [2.45, 2.75) is 80.7 Å². The summed E-state index contributed by atoms with van der Waals surface area (Å²) in [6.07, 6.45) is 13.8. The molecule has 1 aromatic heterocycles. The third kappa shape index (κ3) is 7.79. The van der Waals surface area contributed by atoms with E-state index >= 15 is 0 Å². The van der Waals surface area contributed by atoms with Crippen molar-refractivity contribution < 1.29 is 40.4 Å². The van der Waals surface area contributed by atoms with Crippen molar-refractivity contribution in [3.05, 3.63) is 53.8 Å². The number of aliphatic carboxylic acids is 1. The van der Waals surface area contributed by atoms with Crippen LogP contribution in [0.2, 0.25) is 0 Å². The van der Waals surface area contributed by atoms with Crippen LogP contribution in [-0.2, 0) is 30.4 Å². The van der Waals surface area contributed by atoms with Crippen LogP contribution < -0.4 is 4.90 Å². The summed E-state index contributed by atoms with van der Waals surface area (Å²) in [6, 6.07) is 2.62. The number of unbranched alkanes of at least 4 members (excludes halogenated alkanes) is 2. The summed E-state index contributed by atoms with van der Waals surface area (Å²) in [5.74, 6) is -0.0430. The summed E-state index contributed by atoms with van der Waals surface area (Å²) in [4.78, 5) is 12.5. The van der Waals surface area contributed by atoms with Gasteiger partial charge in [-0.1, -0.05) is 38.5 Å². The zero-order valence-electron chi connectivity index (χ0n) is 26.6. The topological polar surface area (TPSA) is 152 Å². The van der Waals surface area contributed by atoms with Gasteiger partial charge in [0.15, 0.2) is 5.71 Å². The summed E-state index contributed by atoms with van der Waals surface area (Å²) in [5.41, 5.74) is 2.59. The van der Waals surface area contributed by atoms with Crippen LogP contribution in [0.15, 0.2) is 57.3 Å². The molecule has 0 bridgehead atoms. The normalized spacial score (nSPS) is 19.0. The molecule has 0 unspecified atom stereocenters. The summed E-state index contributed by atoms with van der Waals surface area (Å²) in [7, 11) is -9.41. The maximum atomic E-state index is 12.5. The van der Waals surface area contributed by atoms with E-state index in [0.717, 1.165) is 37.4 Å². The number of hydrogen-bond acceptors (Lipinski definition) is 8. The van der Waals surface area contributed by atoms with Gasteiger partial charge in [-0.3, -0.25) is 13.9 Å². The Morgan fingerprint density at radius 3 is 2.37 bits per heavy atom. The van der Waals surface area contributed by atoms with Gasteiger partial charge in [0.1, 0.15) is 22.2 Å². The van der Waals surface area contributed by atoms with Crippen LogP contribution in [0.3, 0.4) is 0 Å². The number of hydrogen-bond donors (Lipinski definition) is 4. The van der Waals surface area contributed by atoms with Gasteiger partial charge in [-0.2, -0.15) is 29.5 Å². The molecule has 0 saturated carbocycles. The number of carboxylic acid groups (broad SMARTS) is 1. The molecule has 1 aromatic carbocycles. The van der Waals surface area contributed by atoms with Gasteiger partial charge < -0.3 is 10.0 Å². The van der Waals surface area contributed by atoms with Crippen molar-refractivity contribution in [1.82, 2.24) is 0 Å². The first-order chi connectivity index (χ1) is 21.4. The van der Waals surface area contributed by atoms with Crippen molar-refractivity contribution in [2.24, 2.45) is 5.41 Å². The van der Waals surface area contributed by atoms with Gasteiger partial charge in [0.25, 0.3) is 10.1 Å². The molecule has 4 rings (SSSR count). The molecule has 46 heavy (non-hydrogen) atoms. The largest absolute Gasteiger partial charge is 0.481 e. The van der Waals surface area contributed by atoms with Crippen molar-refractivity contribution in [1.29, 1.82) is 0 Å². The van der Waals surface area contributed by atoms with Crippen LogP contribution in [0.4, 0.5) is 5.69 Å². The van der Waals surface area contributed by atoms with Gasteiger partial charge in [-0.25, -0.2) is 4.58 Å². The molecule has 0 saturated heterocycles. The highest BCUT2D eigenvalue weighted by Gasteiger charge is 2.43. The number of allylic oxidation sites excluding steroid dienone is 6. The van der Waals surface area contributed by atoms with Gasteiger partial charge in [0.2, 0.25) is 0 Å². The summed E-state index contributed by atoms with van der Waals surface area (Å²) in [5, 5.41) is 9.36. The molecule has 0 aliphatic carbocycles. The molecule has 3 N–H and O–H groups in total. The van der Waals surface area contributed by atoms with E-state index in [0.29, 0.717) is 53.8 Å². The van der Waals surface area contributed by atoms with E-state index in [1.165, 1.54) is 17.8 Å². The second-order valence-corrected chi connectivity index (χ2v) is 17.4. The summed E-state index contributed by atoms with van der Waals surface area (Å²) < 4.78 is 71.2. The van der Waals surface area contributed by atoms with E-state index in [9.17, 15) is 30.7 Å². The number of carbonyl (C=O) groups is 1. The minimum Gasteiger partial charge on any atom is -0.481 e. The average Bonchev–Trinajstić information content (AvgIpc) is 3.56. The molecule has 14 heteroatoms. The number of carboxylic acids is 1. The Morgan fingerprint density at radius 1 is 1.02 bits per heavy atom. The zero-order valence-corrected chi connectivity index (χ0v) is 29.9. The highest BCUT2D eigenvalue weighted by molar-refractivity contribution is 7.88. The van der Waals surface area contributed by atoms with Crippen LogP contribution >= 0.6 is 24.0 Å². The molecule has 0 spiro atoms. The Morgan fingerprint density at radius 2 is 1.74 bits per heavy atom. The molecule has 0 atom stereocenters. The number of anilines is 1. The van der Waals surface area contributed by atoms with Crippen LogP contribution in [0.25, 0.3) is 10.1 Å². The SMILES string of the molecule is CC1(C)CC[N+](CCCS)=C1C=CC=CC=C1N(CCCCCC(=O)O)c2cc(S(=O)(=O)O)c3sc(S(=O)(=O)O)cc3c2C1(C)C. The van der Waals surface area contributed by atoms with Crippen molar-refractivity contribution in [3.63, 3.8) is 0 Å². The first-order valence-corrected chi connectivity index (χ1v) is 19.6. The maximum Gasteiger partial charge on any atom is 0.304 e. The van der Waals surface area contributed by atoms with Gasteiger partial charge in [-0.15, -0.1) is 11.3 Å². The third-order valence-corrected chi connectivity index (χ3v) is 12.5. The maximum absolute atomic E-state index is 12.5. The Hall–Kier alpha value is -2.49. The smallest absolute Gasteiger partial charge is 0.304 e. The molecule has 10 nitrogen and oxygen atoms in total.